The molecule has 0 aliphatic carbocycles. The lowest BCUT2D eigenvalue weighted by molar-refractivity contribution is -0.392. The Hall–Kier alpha value is -1.59. The van der Waals surface area contributed by atoms with Crippen molar-refractivity contribution in [3.63, 3.8) is 0 Å². The van der Waals surface area contributed by atoms with Crippen LogP contribution in [0.4, 0.5) is 5.82 Å². The molecule has 1 heterocycles. The highest BCUT2D eigenvalue weighted by Crippen LogP contribution is 2.31. The molecule has 0 unspecified atom stereocenters. The van der Waals surface area contributed by atoms with E-state index in [1.807, 2.05) is 30.3 Å². The van der Waals surface area contributed by atoms with Crippen LogP contribution < -0.4 is 0 Å². The van der Waals surface area contributed by atoms with Crippen molar-refractivity contribution in [1.82, 2.24) is 9.55 Å². The Morgan fingerprint density at radius 3 is 2.56 bits per heavy atom. The first kappa shape index (κ1) is 12.9. The molecule has 0 saturated heterocycles. The SMILES string of the molecule is O=[N+]([O-])c1c(C(Cl)Cl)ncn1Cc1ccccc1. The fourth-order valence-corrected chi connectivity index (χ4v) is 1.95. The van der Waals surface area contributed by atoms with Crippen molar-refractivity contribution in [3.8, 4) is 0 Å². The van der Waals surface area contributed by atoms with Gasteiger partial charge in [-0.3, -0.25) is 0 Å². The molecule has 7 heteroatoms. The maximum absolute atomic E-state index is 11.0. The average Bonchev–Trinajstić information content (AvgIpc) is 2.74. The number of aromatic nitrogens is 2. The molecule has 94 valence electrons. The average molecular weight is 286 g/mol. The van der Waals surface area contributed by atoms with Crippen LogP contribution in [0.25, 0.3) is 0 Å². The molecule has 0 fully saturated rings. The largest absolute Gasteiger partial charge is 0.358 e. The maximum atomic E-state index is 11.0. The van der Waals surface area contributed by atoms with Gasteiger partial charge in [-0.25, -0.2) is 9.55 Å². The number of nitro groups is 1. The summed E-state index contributed by atoms with van der Waals surface area (Å²) in [7, 11) is 0. The number of alkyl halides is 2. The summed E-state index contributed by atoms with van der Waals surface area (Å²) in [5.41, 5.74) is 1.00. The van der Waals surface area contributed by atoms with E-state index in [0.29, 0.717) is 6.54 Å². The van der Waals surface area contributed by atoms with Gasteiger partial charge in [-0.1, -0.05) is 53.5 Å². The molecule has 0 aliphatic heterocycles. The number of hydrogen-bond donors (Lipinski definition) is 0. The van der Waals surface area contributed by atoms with Gasteiger partial charge in [-0.15, -0.1) is 0 Å². The van der Waals surface area contributed by atoms with Gasteiger partial charge in [0.1, 0.15) is 6.54 Å². The van der Waals surface area contributed by atoms with E-state index < -0.39 is 9.76 Å². The zero-order valence-corrected chi connectivity index (χ0v) is 10.7. The molecule has 0 N–H and O–H groups in total. The molecule has 18 heavy (non-hydrogen) atoms. The first-order valence-corrected chi connectivity index (χ1v) is 5.98. The predicted octanol–water partition coefficient (Wildman–Crippen LogP) is 3.32. The van der Waals surface area contributed by atoms with Crippen LogP contribution in [0.1, 0.15) is 16.1 Å². The molecule has 2 rings (SSSR count). The summed E-state index contributed by atoms with van der Waals surface area (Å²) in [6.07, 6.45) is 1.37. The second-order valence-corrected chi connectivity index (χ2v) is 4.72. The second kappa shape index (κ2) is 5.37. The van der Waals surface area contributed by atoms with Gasteiger partial charge in [-0.2, -0.15) is 0 Å². The van der Waals surface area contributed by atoms with E-state index in [9.17, 15) is 10.1 Å². The van der Waals surface area contributed by atoms with Crippen molar-refractivity contribution < 1.29 is 4.92 Å². The van der Waals surface area contributed by atoms with Crippen LogP contribution in [-0.4, -0.2) is 14.5 Å². The third-order valence-corrected chi connectivity index (χ3v) is 2.83. The first-order valence-electron chi connectivity index (χ1n) is 5.11. The minimum Gasteiger partial charge on any atom is -0.358 e. The molecule has 0 radical (unpaired) electrons. The van der Waals surface area contributed by atoms with E-state index in [1.54, 1.807) is 0 Å². The smallest absolute Gasteiger partial charge is 0.349 e. The minimum absolute atomic E-state index is 0.0688. The molecule has 2 aromatic rings. The number of hydrogen-bond acceptors (Lipinski definition) is 3. The van der Waals surface area contributed by atoms with Gasteiger partial charge in [0.15, 0.2) is 16.9 Å². The molecular formula is C11H9Cl2N3O2. The fourth-order valence-electron chi connectivity index (χ4n) is 1.64. The lowest BCUT2D eigenvalue weighted by Gasteiger charge is -2.03. The zero-order chi connectivity index (χ0) is 13.1. The molecule has 0 atom stereocenters. The number of imidazole rings is 1. The van der Waals surface area contributed by atoms with Crippen LogP contribution in [0.3, 0.4) is 0 Å². The molecule has 1 aromatic heterocycles. The fraction of sp³-hybridized carbons (Fsp3) is 0.182. The van der Waals surface area contributed by atoms with Gasteiger partial charge >= 0.3 is 5.82 Å². The van der Waals surface area contributed by atoms with Crippen molar-refractivity contribution in [2.45, 2.75) is 11.4 Å². The molecule has 1 aromatic carbocycles. The molecule has 0 amide bonds. The van der Waals surface area contributed by atoms with Crippen molar-refractivity contribution in [2.75, 3.05) is 0 Å². The van der Waals surface area contributed by atoms with E-state index in [1.165, 1.54) is 10.9 Å². The molecule has 0 bridgehead atoms. The van der Waals surface area contributed by atoms with Crippen LogP contribution in [0, 0.1) is 10.1 Å². The predicted molar refractivity (Wildman–Crippen MR) is 68.9 cm³/mol. The summed E-state index contributed by atoms with van der Waals surface area (Å²) in [5, 5.41) is 11.0. The van der Waals surface area contributed by atoms with Crippen molar-refractivity contribution in [2.24, 2.45) is 0 Å². The standard InChI is InChI=1S/C11H9Cl2N3O2/c12-10(13)9-11(16(17)18)15(7-14-9)6-8-4-2-1-3-5-8/h1-5,7,10H,6H2. The summed E-state index contributed by atoms with van der Waals surface area (Å²) in [4.78, 5) is 13.4. The van der Waals surface area contributed by atoms with Gasteiger partial charge in [-0.05, 0) is 10.5 Å². The van der Waals surface area contributed by atoms with E-state index in [2.05, 4.69) is 4.98 Å². The van der Waals surface area contributed by atoms with Crippen LogP contribution in [0.5, 0.6) is 0 Å². The van der Waals surface area contributed by atoms with Gasteiger partial charge < -0.3 is 10.1 Å². The summed E-state index contributed by atoms with van der Waals surface area (Å²) < 4.78 is 1.42. The number of nitrogens with zero attached hydrogens (tertiary/aromatic N) is 3. The van der Waals surface area contributed by atoms with Crippen LogP contribution in [0.15, 0.2) is 36.7 Å². The van der Waals surface area contributed by atoms with E-state index >= 15 is 0 Å². The second-order valence-electron chi connectivity index (χ2n) is 3.62. The highest BCUT2D eigenvalue weighted by atomic mass is 35.5. The van der Waals surface area contributed by atoms with Crippen LogP contribution in [0.2, 0.25) is 0 Å². The molecular weight excluding hydrogens is 277 g/mol. The third kappa shape index (κ3) is 2.63. The molecule has 0 saturated carbocycles. The van der Waals surface area contributed by atoms with Gasteiger partial charge in [0.25, 0.3) is 0 Å². The topological polar surface area (TPSA) is 61.0 Å². The summed E-state index contributed by atoms with van der Waals surface area (Å²) in [6, 6.07) is 9.37. The Balaban J connectivity index is 2.37. The lowest BCUT2D eigenvalue weighted by Crippen LogP contribution is -2.04. The zero-order valence-electron chi connectivity index (χ0n) is 9.16. The summed E-state index contributed by atoms with van der Waals surface area (Å²) >= 11 is 11.3. The normalized spacial score (nSPS) is 10.8. The van der Waals surface area contributed by atoms with Crippen LogP contribution in [-0.2, 0) is 6.54 Å². The summed E-state index contributed by atoms with van der Waals surface area (Å²) in [6.45, 7) is 0.352. The maximum Gasteiger partial charge on any atom is 0.349 e. The summed E-state index contributed by atoms with van der Waals surface area (Å²) in [5.74, 6) is -0.172. The van der Waals surface area contributed by atoms with E-state index in [0.717, 1.165) is 5.56 Å². The highest BCUT2D eigenvalue weighted by molar-refractivity contribution is 6.44. The Morgan fingerprint density at radius 2 is 2.00 bits per heavy atom. The Morgan fingerprint density at radius 1 is 1.33 bits per heavy atom. The number of rotatable bonds is 4. The molecule has 5 nitrogen and oxygen atoms in total. The van der Waals surface area contributed by atoms with Gasteiger partial charge in [0.2, 0.25) is 0 Å². The Bertz CT molecular complexity index is 555. The van der Waals surface area contributed by atoms with Gasteiger partial charge in [0, 0.05) is 0 Å². The van der Waals surface area contributed by atoms with Crippen molar-refractivity contribution >= 4 is 29.0 Å². The van der Waals surface area contributed by atoms with Crippen molar-refractivity contribution in [1.29, 1.82) is 0 Å². The van der Waals surface area contributed by atoms with Crippen LogP contribution >= 0.6 is 23.2 Å². The van der Waals surface area contributed by atoms with E-state index in [4.69, 9.17) is 23.2 Å². The van der Waals surface area contributed by atoms with Crippen molar-refractivity contribution in [3.05, 3.63) is 58.0 Å². The number of halogens is 2. The molecule has 0 spiro atoms. The quantitative estimate of drug-likeness (QED) is 0.492. The molecule has 0 aliphatic rings. The Labute approximate surface area is 113 Å². The third-order valence-electron chi connectivity index (χ3n) is 2.41. The monoisotopic (exact) mass is 285 g/mol. The van der Waals surface area contributed by atoms with Gasteiger partial charge in [0.05, 0.1) is 0 Å². The number of benzene rings is 1. The minimum atomic E-state index is -1.01. The first-order chi connectivity index (χ1) is 8.59. The lowest BCUT2D eigenvalue weighted by atomic mass is 10.2. The Kier molecular flexibility index (Phi) is 3.84. The highest BCUT2D eigenvalue weighted by Gasteiger charge is 2.25. The van der Waals surface area contributed by atoms with E-state index in [-0.39, 0.29) is 11.5 Å².